The van der Waals surface area contributed by atoms with Crippen molar-refractivity contribution in [3.8, 4) is 0 Å². The molecule has 0 saturated carbocycles. The fourth-order valence-electron chi connectivity index (χ4n) is 2.25. The lowest BCUT2D eigenvalue weighted by Crippen LogP contribution is -2.31. The SMILES string of the molecule is CCN(CC)C(CC(=O)O)c1cncn1C(C)C. The Balaban J connectivity index is 3.08. The van der Waals surface area contributed by atoms with Crippen molar-refractivity contribution in [3.63, 3.8) is 0 Å². The first kappa shape index (κ1) is 14.7. The molecule has 1 heterocycles. The van der Waals surface area contributed by atoms with Crippen molar-refractivity contribution in [1.29, 1.82) is 0 Å². The van der Waals surface area contributed by atoms with Gasteiger partial charge in [0, 0.05) is 12.2 Å². The first-order chi connectivity index (χ1) is 8.51. The van der Waals surface area contributed by atoms with Crippen molar-refractivity contribution in [3.05, 3.63) is 18.2 Å². The maximum absolute atomic E-state index is 11.1. The number of carboxylic acid groups (broad SMARTS) is 1. The van der Waals surface area contributed by atoms with Crippen LogP contribution in [0.15, 0.2) is 12.5 Å². The van der Waals surface area contributed by atoms with Crippen LogP contribution < -0.4 is 0 Å². The highest BCUT2D eigenvalue weighted by Crippen LogP contribution is 2.26. The van der Waals surface area contributed by atoms with E-state index in [-0.39, 0.29) is 18.5 Å². The van der Waals surface area contributed by atoms with E-state index in [1.54, 1.807) is 12.5 Å². The van der Waals surface area contributed by atoms with Gasteiger partial charge in [0.05, 0.1) is 24.5 Å². The summed E-state index contributed by atoms with van der Waals surface area (Å²) in [5.41, 5.74) is 0.983. The van der Waals surface area contributed by atoms with Crippen LogP contribution in [0, 0.1) is 0 Å². The molecule has 0 spiro atoms. The number of imidazole rings is 1. The summed E-state index contributed by atoms with van der Waals surface area (Å²) in [5, 5.41) is 9.10. The van der Waals surface area contributed by atoms with E-state index < -0.39 is 5.97 Å². The van der Waals surface area contributed by atoms with E-state index in [9.17, 15) is 4.79 Å². The standard InChI is InChI=1S/C13H23N3O2/c1-5-15(6-2)11(7-13(17)18)12-8-14-9-16(12)10(3)4/h8-11H,5-7H2,1-4H3,(H,17,18). The van der Waals surface area contributed by atoms with E-state index in [2.05, 4.69) is 37.6 Å². The van der Waals surface area contributed by atoms with Crippen LogP contribution in [0.1, 0.15) is 51.9 Å². The second-order valence-corrected chi connectivity index (χ2v) is 4.65. The van der Waals surface area contributed by atoms with E-state index in [4.69, 9.17) is 5.11 Å². The number of carboxylic acids is 1. The molecule has 5 heteroatoms. The lowest BCUT2D eigenvalue weighted by atomic mass is 10.1. The highest BCUT2D eigenvalue weighted by Gasteiger charge is 2.24. The highest BCUT2D eigenvalue weighted by atomic mass is 16.4. The lowest BCUT2D eigenvalue weighted by molar-refractivity contribution is -0.138. The Bertz CT molecular complexity index is 383. The highest BCUT2D eigenvalue weighted by molar-refractivity contribution is 5.67. The maximum atomic E-state index is 11.1. The molecule has 1 aromatic heterocycles. The summed E-state index contributed by atoms with van der Waals surface area (Å²) < 4.78 is 2.05. The van der Waals surface area contributed by atoms with Crippen LogP contribution in [0.3, 0.4) is 0 Å². The monoisotopic (exact) mass is 253 g/mol. The number of carbonyl (C=O) groups is 1. The van der Waals surface area contributed by atoms with Gasteiger partial charge in [0.1, 0.15) is 0 Å². The van der Waals surface area contributed by atoms with E-state index in [1.165, 1.54) is 0 Å². The molecule has 1 aromatic rings. The molecule has 1 N–H and O–H groups in total. The molecule has 102 valence electrons. The normalized spacial score (nSPS) is 13.2. The molecule has 0 aliphatic rings. The Morgan fingerprint density at radius 3 is 2.50 bits per heavy atom. The summed E-state index contributed by atoms with van der Waals surface area (Å²) in [7, 11) is 0. The average molecular weight is 253 g/mol. The van der Waals surface area contributed by atoms with Gasteiger partial charge in [-0.25, -0.2) is 4.98 Å². The largest absolute Gasteiger partial charge is 0.481 e. The van der Waals surface area contributed by atoms with Crippen molar-refractivity contribution in [1.82, 2.24) is 14.5 Å². The Labute approximate surface area is 108 Å². The molecule has 0 aliphatic heterocycles. The predicted molar refractivity (Wildman–Crippen MR) is 70.5 cm³/mol. The molecule has 5 nitrogen and oxygen atoms in total. The molecule has 1 unspecified atom stereocenters. The summed E-state index contributed by atoms with van der Waals surface area (Å²) >= 11 is 0. The number of hydrogen-bond acceptors (Lipinski definition) is 3. The molecule has 1 atom stereocenters. The summed E-state index contributed by atoms with van der Waals surface area (Å²) in [6.07, 6.45) is 3.67. The van der Waals surface area contributed by atoms with Gasteiger partial charge in [0.2, 0.25) is 0 Å². The van der Waals surface area contributed by atoms with Crippen LogP contribution >= 0.6 is 0 Å². The third-order valence-electron chi connectivity index (χ3n) is 3.21. The summed E-state index contributed by atoms with van der Waals surface area (Å²) in [6.45, 7) is 9.91. The lowest BCUT2D eigenvalue weighted by Gasteiger charge is -2.30. The van der Waals surface area contributed by atoms with Gasteiger partial charge in [-0.05, 0) is 26.9 Å². The number of aliphatic carboxylic acids is 1. The zero-order chi connectivity index (χ0) is 13.7. The van der Waals surface area contributed by atoms with Crippen LogP contribution in [0.5, 0.6) is 0 Å². The molecule has 0 bridgehead atoms. The topological polar surface area (TPSA) is 58.4 Å². The van der Waals surface area contributed by atoms with Crippen LogP contribution in [0.25, 0.3) is 0 Å². The molecule has 0 aromatic carbocycles. The van der Waals surface area contributed by atoms with Gasteiger partial charge in [0.25, 0.3) is 0 Å². The fourth-order valence-corrected chi connectivity index (χ4v) is 2.25. The van der Waals surface area contributed by atoms with Gasteiger partial charge in [-0.1, -0.05) is 13.8 Å². The molecule has 0 fully saturated rings. The first-order valence-electron chi connectivity index (χ1n) is 6.48. The van der Waals surface area contributed by atoms with Crippen LogP contribution in [-0.4, -0.2) is 38.6 Å². The molecular weight excluding hydrogens is 230 g/mol. The zero-order valence-electron chi connectivity index (χ0n) is 11.6. The van der Waals surface area contributed by atoms with Crippen molar-refractivity contribution < 1.29 is 9.90 Å². The van der Waals surface area contributed by atoms with Crippen LogP contribution in [0.4, 0.5) is 0 Å². The van der Waals surface area contributed by atoms with Crippen molar-refractivity contribution in [2.75, 3.05) is 13.1 Å². The number of rotatable bonds is 7. The first-order valence-corrected chi connectivity index (χ1v) is 6.48. The minimum Gasteiger partial charge on any atom is -0.481 e. The van der Waals surface area contributed by atoms with E-state index in [1.807, 2.05) is 4.57 Å². The Hall–Kier alpha value is -1.36. The number of aromatic nitrogens is 2. The predicted octanol–water partition coefficient (Wildman–Crippen LogP) is 2.32. The Kier molecular flexibility index (Phi) is 5.34. The zero-order valence-corrected chi connectivity index (χ0v) is 11.6. The van der Waals surface area contributed by atoms with E-state index in [0.717, 1.165) is 18.8 Å². The van der Waals surface area contributed by atoms with Crippen LogP contribution in [-0.2, 0) is 4.79 Å². The van der Waals surface area contributed by atoms with Gasteiger partial charge in [-0.3, -0.25) is 9.69 Å². The van der Waals surface area contributed by atoms with Gasteiger partial charge in [0.15, 0.2) is 0 Å². The molecule has 0 aliphatic carbocycles. The molecule has 18 heavy (non-hydrogen) atoms. The molecule has 0 saturated heterocycles. The summed E-state index contributed by atoms with van der Waals surface area (Å²) in [5.74, 6) is -0.775. The second-order valence-electron chi connectivity index (χ2n) is 4.65. The van der Waals surface area contributed by atoms with Crippen molar-refractivity contribution in [2.24, 2.45) is 0 Å². The third-order valence-corrected chi connectivity index (χ3v) is 3.21. The minimum absolute atomic E-state index is 0.109. The minimum atomic E-state index is -0.775. The van der Waals surface area contributed by atoms with Crippen molar-refractivity contribution >= 4 is 5.97 Å². The van der Waals surface area contributed by atoms with Gasteiger partial charge in [-0.15, -0.1) is 0 Å². The number of hydrogen-bond donors (Lipinski definition) is 1. The van der Waals surface area contributed by atoms with Gasteiger partial charge in [-0.2, -0.15) is 0 Å². The average Bonchev–Trinajstić information content (AvgIpc) is 2.77. The molecule has 0 radical (unpaired) electrons. The quantitative estimate of drug-likeness (QED) is 0.810. The maximum Gasteiger partial charge on any atom is 0.305 e. The van der Waals surface area contributed by atoms with Crippen molar-refractivity contribution in [2.45, 2.75) is 46.2 Å². The Morgan fingerprint density at radius 1 is 1.44 bits per heavy atom. The summed E-state index contributed by atoms with van der Waals surface area (Å²) in [4.78, 5) is 17.4. The Morgan fingerprint density at radius 2 is 2.06 bits per heavy atom. The van der Waals surface area contributed by atoms with E-state index in [0.29, 0.717) is 0 Å². The van der Waals surface area contributed by atoms with Gasteiger partial charge >= 0.3 is 5.97 Å². The van der Waals surface area contributed by atoms with Crippen LogP contribution in [0.2, 0.25) is 0 Å². The molecule has 0 amide bonds. The smallest absolute Gasteiger partial charge is 0.305 e. The summed E-state index contributed by atoms with van der Waals surface area (Å²) in [6, 6.07) is 0.178. The molecular formula is C13H23N3O2. The second kappa shape index (κ2) is 6.54. The third kappa shape index (κ3) is 3.32. The fraction of sp³-hybridized carbons (Fsp3) is 0.692. The number of nitrogens with zero attached hydrogens (tertiary/aromatic N) is 3. The van der Waals surface area contributed by atoms with E-state index >= 15 is 0 Å². The molecule has 1 rings (SSSR count). The van der Waals surface area contributed by atoms with Gasteiger partial charge < -0.3 is 9.67 Å².